The Bertz CT molecular complexity index is 450. The van der Waals surface area contributed by atoms with Crippen LogP contribution in [0, 0.1) is 0 Å². The van der Waals surface area contributed by atoms with Gasteiger partial charge in [0.05, 0.1) is 17.4 Å². The van der Waals surface area contributed by atoms with Crippen molar-refractivity contribution in [3.8, 4) is 0 Å². The summed E-state index contributed by atoms with van der Waals surface area (Å²) in [4.78, 5) is 17.2. The number of carboxylic acids is 1. The van der Waals surface area contributed by atoms with Gasteiger partial charge in [-0.05, 0) is 18.9 Å². The lowest BCUT2D eigenvalue weighted by Crippen LogP contribution is -2.40. The summed E-state index contributed by atoms with van der Waals surface area (Å²) in [5.74, 6) is -0.492. The van der Waals surface area contributed by atoms with Crippen molar-refractivity contribution in [2.24, 2.45) is 0 Å². The molecule has 0 radical (unpaired) electrons. The third-order valence-corrected chi connectivity index (χ3v) is 3.21. The van der Waals surface area contributed by atoms with E-state index in [2.05, 4.69) is 4.98 Å². The number of hydrogen-bond donors (Lipinski definition) is 2. The van der Waals surface area contributed by atoms with Crippen molar-refractivity contribution in [3.63, 3.8) is 0 Å². The van der Waals surface area contributed by atoms with Crippen LogP contribution in [-0.4, -0.2) is 42.4 Å². The molecular weight excluding hydrogens is 234 g/mol. The zero-order valence-electron chi connectivity index (χ0n) is 10.3. The van der Waals surface area contributed by atoms with Crippen LogP contribution in [0.1, 0.15) is 23.2 Å². The molecule has 1 aliphatic heterocycles. The van der Waals surface area contributed by atoms with Crippen LogP contribution in [-0.2, 0) is 4.74 Å². The predicted octanol–water partition coefficient (Wildman–Crippen LogP) is 0.977. The Kier molecular flexibility index (Phi) is 3.66. The first-order valence-corrected chi connectivity index (χ1v) is 5.89. The predicted molar refractivity (Wildman–Crippen MR) is 67.9 cm³/mol. The Balaban J connectivity index is 2.27. The number of methoxy groups -OCH3 is 1. The van der Waals surface area contributed by atoms with Crippen molar-refractivity contribution in [1.82, 2.24) is 4.98 Å². The molecule has 0 aliphatic carbocycles. The van der Waals surface area contributed by atoms with Crippen LogP contribution in [0.25, 0.3) is 0 Å². The van der Waals surface area contributed by atoms with Crippen LogP contribution in [0.5, 0.6) is 0 Å². The molecule has 0 aromatic carbocycles. The fourth-order valence-corrected chi connectivity index (χ4v) is 2.22. The molecule has 0 amide bonds. The minimum atomic E-state index is -1.03. The third-order valence-electron chi connectivity index (χ3n) is 3.21. The molecule has 1 aromatic rings. The monoisotopic (exact) mass is 251 g/mol. The SMILES string of the molecule is COC1CCCN(c2nccc(C(=O)O)c2N)C1. The van der Waals surface area contributed by atoms with E-state index >= 15 is 0 Å². The van der Waals surface area contributed by atoms with Crippen LogP contribution in [0.2, 0.25) is 0 Å². The topological polar surface area (TPSA) is 88.7 Å². The standard InChI is InChI=1S/C12H17N3O3/c1-18-8-3-2-6-15(7-8)11-10(13)9(12(16)17)4-5-14-11/h4-5,8H,2-3,6-7,13H2,1H3,(H,16,17). The van der Waals surface area contributed by atoms with E-state index in [9.17, 15) is 4.79 Å². The molecule has 98 valence electrons. The molecule has 1 atom stereocenters. The second-order valence-corrected chi connectivity index (χ2v) is 4.35. The number of carboxylic acid groups (broad SMARTS) is 1. The molecule has 6 nitrogen and oxygen atoms in total. The number of pyridine rings is 1. The molecule has 1 saturated heterocycles. The molecule has 1 fully saturated rings. The van der Waals surface area contributed by atoms with E-state index in [1.54, 1.807) is 7.11 Å². The molecule has 3 N–H and O–H groups in total. The molecule has 0 bridgehead atoms. The summed E-state index contributed by atoms with van der Waals surface area (Å²) in [6.07, 6.45) is 3.61. The maximum Gasteiger partial charge on any atom is 0.337 e. The van der Waals surface area contributed by atoms with Crippen LogP contribution in [0.15, 0.2) is 12.3 Å². The average Bonchev–Trinajstić information content (AvgIpc) is 2.38. The van der Waals surface area contributed by atoms with Gasteiger partial charge in [-0.1, -0.05) is 0 Å². The van der Waals surface area contributed by atoms with Crippen molar-refractivity contribution in [2.75, 3.05) is 30.8 Å². The zero-order valence-corrected chi connectivity index (χ0v) is 10.3. The molecular formula is C12H17N3O3. The summed E-state index contributed by atoms with van der Waals surface area (Å²) in [5, 5.41) is 9.04. The number of hydrogen-bond acceptors (Lipinski definition) is 5. The van der Waals surface area contributed by atoms with Crippen LogP contribution < -0.4 is 10.6 Å². The fourth-order valence-electron chi connectivity index (χ4n) is 2.22. The Morgan fingerprint density at radius 1 is 1.67 bits per heavy atom. The smallest absolute Gasteiger partial charge is 0.337 e. The van der Waals surface area contributed by atoms with Crippen LogP contribution in [0.3, 0.4) is 0 Å². The Morgan fingerprint density at radius 3 is 3.11 bits per heavy atom. The number of aromatic nitrogens is 1. The highest BCUT2D eigenvalue weighted by Crippen LogP contribution is 2.27. The molecule has 2 rings (SSSR count). The van der Waals surface area contributed by atoms with Gasteiger partial charge in [0.1, 0.15) is 0 Å². The van der Waals surface area contributed by atoms with E-state index in [-0.39, 0.29) is 17.4 Å². The largest absolute Gasteiger partial charge is 0.478 e. The van der Waals surface area contributed by atoms with E-state index in [1.165, 1.54) is 12.3 Å². The van der Waals surface area contributed by atoms with E-state index in [0.29, 0.717) is 12.4 Å². The molecule has 18 heavy (non-hydrogen) atoms. The van der Waals surface area contributed by atoms with Gasteiger partial charge in [-0.15, -0.1) is 0 Å². The second kappa shape index (κ2) is 5.22. The highest BCUT2D eigenvalue weighted by atomic mass is 16.5. The van der Waals surface area contributed by atoms with Gasteiger partial charge in [0.25, 0.3) is 0 Å². The third kappa shape index (κ3) is 2.38. The maximum absolute atomic E-state index is 11.0. The number of carbonyl (C=O) groups is 1. The zero-order chi connectivity index (χ0) is 13.1. The number of anilines is 2. The first kappa shape index (κ1) is 12.6. The fraction of sp³-hybridized carbons (Fsp3) is 0.500. The van der Waals surface area contributed by atoms with Crippen molar-refractivity contribution in [1.29, 1.82) is 0 Å². The highest BCUT2D eigenvalue weighted by molar-refractivity contribution is 5.96. The summed E-state index contributed by atoms with van der Waals surface area (Å²) < 4.78 is 5.33. The van der Waals surface area contributed by atoms with Crippen LogP contribution >= 0.6 is 0 Å². The molecule has 1 unspecified atom stereocenters. The van der Waals surface area contributed by atoms with Gasteiger partial charge in [0.2, 0.25) is 0 Å². The van der Waals surface area contributed by atoms with Crippen molar-refractivity contribution in [2.45, 2.75) is 18.9 Å². The molecule has 1 aliphatic rings. The van der Waals surface area contributed by atoms with Gasteiger partial charge in [-0.2, -0.15) is 0 Å². The Hall–Kier alpha value is -1.82. The number of nitrogens with zero attached hydrogens (tertiary/aromatic N) is 2. The number of aromatic carboxylic acids is 1. The Labute approximate surface area is 105 Å². The molecule has 0 saturated carbocycles. The summed E-state index contributed by atoms with van der Waals surface area (Å²) in [7, 11) is 1.68. The van der Waals surface area contributed by atoms with Crippen LogP contribution in [0.4, 0.5) is 11.5 Å². The number of nitrogen functional groups attached to an aromatic ring is 1. The maximum atomic E-state index is 11.0. The minimum absolute atomic E-state index is 0.0968. The average molecular weight is 251 g/mol. The molecule has 2 heterocycles. The lowest BCUT2D eigenvalue weighted by molar-refractivity contribution is 0.0698. The van der Waals surface area contributed by atoms with Gasteiger partial charge in [-0.3, -0.25) is 0 Å². The van der Waals surface area contributed by atoms with Gasteiger partial charge >= 0.3 is 5.97 Å². The molecule has 1 aromatic heterocycles. The summed E-state index contributed by atoms with van der Waals surface area (Å²) in [6, 6.07) is 1.42. The number of piperidine rings is 1. The van der Waals surface area contributed by atoms with E-state index in [4.69, 9.17) is 15.6 Å². The lowest BCUT2D eigenvalue weighted by Gasteiger charge is -2.33. The number of ether oxygens (including phenoxy) is 1. The first-order valence-electron chi connectivity index (χ1n) is 5.89. The Morgan fingerprint density at radius 2 is 2.44 bits per heavy atom. The van der Waals surface area contributed by atoms with Crippen molar-refractivity contribution >= 4 is 17.5 Å². The molecule has 6 heteroatoms. The van der Waals surface area contributed by atoms with Gasteiger partial charge in [0, 0.05) is 26.4 Å². The summed E-state index contributed by atoms with van der Waals surface area (Å²) in [6.45, 7) is 1.51. The summed E-state index contributed by atoms with van der Waals surface area (Å²) >= 11 is 0. The lowest BCUT2D eigenvalue weighted by atomic mass is 10.1. The second-order valence-electron chi connectivity index (χ2n) is 4.35. The normalized spacial score (nSPS) is 19.8. The van der Waals surface area contributed by atoms with Gasteiger partial charge < -0.3 is 20.5 Å². The van der Waals surface area contributed by atoms with Gasteiger partial charge in [-0.25, -0.2) is 9.78 Å². The first-order chi connectivity index (χ1) is 8.63. The van der Waals surface area contributed by atoms with E-state index < -0.39 is 5.97 Å². The highest BCUT2D eigenvalue weighted by Gasteiger charge is 2.23. The van der Waals surface area contributed by atoms with E-state index in [1.807, 2.05) is 4.90 Å². The van der Waals surface area contributed by atoms with Crippen molar-refractivity contribution in [3.05, 3.63) is 17.8 Å². The number of rotatable bonds is 3. The van der Waals surface area contributed by atoms with Crippen molar-refractivity contribution < 1.29 is 14.6 Å². The number of nitrogens with two attached hydrogens (primary N) is 1. The van der Waals surface area contributed by atoms with Gasteiger partial charge in [0.15, 0.2) is 5.82 Å². The van der Waals surface area contributed by atoms with E-state index in [0.717, 1.165) is 19.4 Å². The quantitative estimate of drug-likeness (QED) is 0.832. The minimum Gasteiger partial charge on any atom is -0.478 e. The summed E-state index contributed by atoms with van der Waals surface area (Å²) in [5.41, 5.74) is 6.20. The molecule has 0 spiro atoms.